The van der Waals surface area contributed by atoms with E-state index in [1.807, 2.05) is 79.4 Å². The Balaban J connectivity index is 1.03. The van der Waals surface area contributed by atoms with Crippen LogP contribution < -0.4 is 28.7 Å². The van der Waals surface area contributed by atoms with Crippen molar-refractivity contribution in [1.82, 2.24) is 34.6 Å². The molecule has 1 unspecified atom stereocenters. The number of anilines is 2. The topological polar surface area (TPSA) is 125 Å². The van der Waals surface area contributed by atoms with E-state index in [-0.39, 0.29) is 70.6 Å². The standard InChI is InChI=1S/C57H60F5N9O5/c1-33-31-75-54-48-51(49(59)50(65-54)47-42-27-64-71(45-10-5-6-24-74-45)44(42)25-43(57(60,61)62)46(47)37-15-16-37)66-55(76-32-56-21-8-23-69(56)30-38(58)26-56)67-53(48)70(33)34(2)41-9-7-22-63-52(41)68(28-35-11-17-39(72-3)18-12-35)29-36-13-19-40(73-4)20-14-36/h7,9,11-14,17-20,22,25,27,33-34,37-38,45H,5-6,8,10,15-16,21,23-24,26,28-32H2,1-4H3/t33-,34+,38+,45?,56-/m0/s1. The molecule has 4 aliphatic heterocycles. The van der Waals surface area contributed by atoms with Crippen LogP contribution in [0.2, 0.25) is 0 Å². The molecule has 1 aliphatic carbocycles. The van der Waals surface area contributed by atoms with Gasteiger partial charge in [0.15, 0.2) is 12.0 Å². The van der Waals surface area contributed by atoms with Crippen molar-refractivity contribution >= 4 is 33.4 Å². The molecule has 5 aliphatic rings. The second kappa shape index (κ2) is 19.9. The normalized spacial score (nSPS) is 22.1. The minimum Gasteiger partial charge on any atom is -0.497 e. The minimum atomic E-state index is -4.79. The van der Waals surface area contributed by atoms with E-state index in [4.69, 9.17) is 43.6 Å². The highest BCUT2D eigenvalue weighted by Gasteiger charge is 2.50. The smallest absolute Gasteiger partial charge is 0.416 e. The molecule has 0 N–H and O–H groups in total. The predicted molar refractivity (Wildman–Crippen MR) is 276 cm³/mol. The van der Waals surface area contributed by atoms with Gasteiger partial charge in [0, 0.05) is 55.4 Å². The first-order valence-corrected chi connectivity index (χ1v) is 26.3. The Bertz CT molecular complexity index is 3230. The van der Waals surface area contributed by atoms with Gasteiger partial charge in [-0.25, -0.2) is 23.4 Å². The molecule has 76 heavy (non-hydrogen) atoms. The summed E-state index contributed by atoms with van der Waals surface area (Å²) in [5.41, 5.74) is 0.924. The van der Waals surface area contributed by atoms with Gasteiger partial charge in [0.1, 0.15) is 59.1 Å². The predicted octanol–water partition coefficient (Wildman–Crippen LogP) is 11.7. The number of aromatic nitrogens is 6. The molecule has 12 rings (SSSR count). The second-order valence-electron chi connectivity index (χ2n) is 21.0. The van der Waals surface area contributed by atoms with Gasteiger partial charge in [0.2, 0.25) is 5.88 Å². The summed E-state index contributed by atoms with van der Waals surface area (Å²) >= 11 is 0. The van der Waals surface area contributed by atoms with E-state index in [1.54, 1.807) is 20.4 Å². The lowest BCUT2D eigenvalue weighted by molar-refractivity contribution is -0.138. The molecule has 4 aromatic heterocycles. The van der Waals surface area contributed by atoms with Crippen molar-refractivity contribution in [2.45, 2.75) is 120 Å². The Morgan fingerprint density at radius 2 is 1.66 bits per heavy atom. The van der Waals surface area contributed by atoms with Gasteiger partial charge in [-0.15, -0.1) is 0 Å². The van der Waals surface area contributed by atoms with E-state index in [1.165, 1.54) is 10.9 Å². The third-order valence-corrected chi connectivity index (χ3v) is 16.1. The highest BCUT2D eigenvalue weighted by Crippen LogP contribution is 2.54. The number of fused-ring (bicyclic) bond motifs is 2. The molecular formula is C57H60F5N9O5. The molecule has 0 amide bonds. The molecule has 19 heteroatoms. The Labute approximate surface area is 437 Å². The zero-order chi connectivity index (χ0) is 52.5. The number of alkyl halides is 4. The van der Waals surface area contributed by atoms with Crippen molar-refractivity contribution in [3.05, 3.63) is 113 Å². The number of benzene rings is 3. The molecule has 3 aromatic carbocycles. The van der Waals surface area contributed by atoms with E-state index in [2.05, 4.69) is 14.9 Å². The second-order valence-corrected chi connectivity index (χ2v) is 21.0. The van der Waals surface area contributed by atoms with Crippen LogP contribution in [0.15, 0.2) is 79.1 Å². The lowest BCUT2D eigenvalue weighted by atomic mass is 9.90. The van der Waals surface area contributed by atoms with Crippen molar-refractivity contribution in [3.63, 3.8) is 0 Å². The largest absolute Gasteiger partial charge is 0.497 e. The van der Waals surface area contributed by atoms with Crippen LogP contribution >= 0.6 is 0 Å². The van der Waals surface area contributed by atoms with Crippen molar-refractivity contribution in [2.24, 2.45) is 0 Å². The molecule has 8 heterocycles. The van der Waals surface area contributed by atoms with Crippen LogP contribution in [0.5, 0.6) is 23.4 Å². The lowest BCUT2D eigenvalue weighted by Gasteiger charge is -2.37. The maximum absolute atomic E-state index is 18.5. The average Bonchev–Trinajstić information content (AvgIpc) is 4.01. The van der Waals surface area contributed by atoms with Crippen molar-refractivity contribution in [1.29, 1.82) is 0 Å². The summed E-state index contributed by atoms with van der Waals surface area (Å²) in [7, 11) is 3.26. The van der Waals surface area contributed by atoms with Crippen molar-refractivity contribution < 1.29 is 45.6 Å². The van der Waals surface area contributed by atoms with Crippen LogP contribution in [0, 0.1) is 5.82 Å². The van der Waals surface area contributed by atoms with E-state index in [9.17, 15) is 0 Å². The van der Waals surface area contributed by atoms with Crippen LogP contribution in [0.3, 0.4) is 0 Å². The van der Waals surface area contributed by atoms with E-state index < -0.39 is 53.5 Å². The third-order valence-electron chi connectivity index (χ3n) is 16.1. The summed E-state index contributed by atoms with van der Waals surface area (Å²) in [5, 5.41) is 5.07. The number of halogens is 5. The monoisotopic (exact) mass is 1050 g/mol. The minimum absolute atomic E-state index is 0.00646. The fraction of sp³-hybridized carbons (Fsp3) is 0.456. The first-order valence-electron chi connectivity index (χ1n) is 26.3. The molecule has 14 nitrogen and oxygen atoms in total. The SMILES string of the molecule is COc1ccc(CN(Cc2ccc(OC)cc2)c2ncccc2[C@@H](C)N2c3nc(OC[C@@]45CCCN4C[C@H](F)C5)nc4c(F)c(-c5c(C6CC6)c(C(F)(F)F)cc6c5cnn6C5CCCCO5)nc(c34)OC[C@@H]2C)cc1. The fourth-order valence-corrected chi connectivity index (χ4v) is 12.2. The molecule has 0 spiro atoms. The molecule has 1 saturated carbocycles. The fourth-order valence-electron chi connectivity index (χ4n) is 12.2. The quantitative estimate of drug-likeness (QED) is 0.0906. The maximum atomic E-state index is 18.5. The molecular weight excluding hydrogens is 986 g/mol. The number of methoxy groups -OCH3 is 2. The zero-order valence-corrected chi connectivity index (χ0v) is 43.0. The van der Waals surface area contributed by atoms with Gasteiger partial charge in [-0.05, 0) is 124 Å². The highest BCUT2D eigenvalue weighted by molar-refractivity contribution is 6.02. The van der Waals surface area contributed by atoms with Crippen LogP contribution in [0.1, 0.15) is 111 Å². The zero-order valence-electron chi connectivity index (χ0n) is 43.0. The van der Waals surface area contributed by atoms with Crippen LogP contribution in [0.25, 0.3) is 33.1 Å². The van der Waals surface area contributed by atoms with Gasteiger partial charge < -0.3 is 33.5 Å². The van der Waals surface area contributed by atoms with Crippen molar-refractivity contribution in [2.75, 3.05) is 56.9 Å². The molecule has 3 saturated heterocycles. The Morgan fingerprint density at radius 3 is 2.33 bits per heavy atom. The summed E-state index contributed by atoms with van der Waals surface area (Å²) in [6.07, 6.45) is 1.84. The number of hydrogen-bond donors (Lipinski definition) is 0. The van der Waals surface area contributed by atoms with Crippen LogP contribution in [-0.2, 0) is 24.0 Å². The Kier molecular flexibility index (Phi) is 13.1. The highest BCUT2D eigenvalue weighted by atomic mass is 19.4. The summed E-state index contributed by atoms with van der Waals surface area (Å²) in [6, 6.07) is 19.6. The first-order chi connectivity index (χ1) is 36.8. The molecule has 398 valence electrons. The summed E-state index contributed by atoms with van der Waals surface area (Å²) in [4.78, 5) is 26.2. The van der Waals surface area contributed by atoms with Gasteiger partial charge >= 0.3 is 12.2 Å². The molecule has 0 radical (unpaired) electrons. The van der Waals surface area contributed by atoms with Gasteiger partial charge in [-0.2, -0.15) is 28.2 Å². The van der Waals surface area contributed by atoms with Crippen LogP contribution in [-0.4, -0.2) is 99.5 Å². The molecule has 7 aromatic rings. The van der Waals surface area contributed by atoms with Gasteiger partial charge in [0.05, 0.1) is 49.1 Å². The summed E-state index contributed by atoms with van der Waals surface area (Å²) < 4.78 is 112. The molecule has 4 fully saturated rings. The number of pyridine rings is 2. The van der Waals surface area contributed by atoms with E-state index in [0.717, 1.165) is 60.1 Å². The Hall–Kier alpha value is -6.86. The van der Waals surface area contributed by atoms with Gasteiger partial charge in [-0.1, -0.05) is 30.3 Å². The van der Waals surface area contributed by atoms with E-state index >= 15 is 22.0 Å². The molecule has 0 bridgehead atoms. The summed E-state index contributed by atoms with van der Waals surface area (Å²) in [5.74, 6) is 0.911. The molecule has 5 atom stereocenters. The number of nitrogens with zero attached hydrogens (tertiary/aromatic N) is 9. The number of rotatable bonds is 15. The van der Waals surface area contributed by atoms with E-state index in [0.29, 0.717) is 63.1 Å². The Morgan fingerprint density at radius 1 is 0.921 bits per heavy atom. The first kappa shape index (κ1) is 50.0. The maximum Gasteiger partial charge on any atom is 0.416 e. The summed E-state index contributed by atoms with van der Waals surface area (Å²) in [6.45, 7) is 6.47. The number of hydrogen-bond acceptors (Lipinski definition) is 13. The van der Waals surface area contributed by atoms with Crippen LogP contribution in [0.4, 0.5) is 33.6 Å². The lowest BCUT2D eigenvalue weighted by Crippen LogP contribution is -2.43. The van der Waals surface area contributed by atoms with Gasteiger partial charge in [0.25, 0.3) is 0 Å². The van der Waals surface area contributed by atoms with Gasteiger partial charge in [-0.3, -0.25) is 4.90 Å². The third kappa shape index (κ3) is 9.15. The average molecular weight is 1050 g/mol. The number of ether oxygens (including phenoxy) is 5. The van der Waals surface area contributed by atoms with Crippen molar-refractivity contribution in [3.8, 4) is 34.6 Å².